The molecule has 0 radical (unpaired) electrons. The number of ether oxygens (including phenoxy) is 2. The number of anilines is 1. The summed E-state index contributed by atoms with van der Waals surface area (Å²) in [6, 6.07) is 9.73. The Bertz CT molecular complexity index is 1190. The van der Waals surface area contributed by atoms with Crippen LogP contribution in [0.2, 0.25) is 0 Å². The molecule has 3 aromatic rings. The van der Waals surface area contributed by atoms with Crippen molar-refractivity contribution in [2.45, 2.75) is 51.5 Å². The number of aromatic amines is 1. The van der Waals surface area contributed by atoms with Crippen LogP contribution in [0.5, 0.6) is 0 Å². The maximum absolute atomic E-state index is 12.9. The lowest BCUT2D eigenvalue weighted by Crippen LogP contribution is -2.26. The van der Waals surface area contributed by atoms with Crippen molar-refractivity contribution in [3.63, 3.8) is 0 Å². The number of nitrogens with one attached hydrogen (secondary N) is 1. The average molecular weight is 491 g/mol. The molecule has 0 bridgehead atoms. The van der Waals surface area contributed by atoms with Gasteiger partial charge in [0.05, 0.1) is 38.4 Å². The number of aromatic nitrogens is 4. The zero-order chi connectivity index (χ0) is 24.1. The molecule has 34 heavy (non-hydrogen) atoms. The molecule has 1 saturated carbocycles. The van der Waals surface area contributed by atoms with Crippen LogP contribution in [0.3, 0.4) is 0 Å². The summed E-state index contributed by atoms with van der Waals surface area (Å²) in [6.45, 7) is 4.43. The van der Waals surface area contributed by atoms with Crippen molar-refractivity contribution < 1.29 is 23.1 Å². The largest absolute Gasteiger partial charge is 0.371 e. The predicted octanol–water partition coefficient (Wildman–Crippen LogP) is 3.23. The van der Waals surface area contributed by atoms with Gasteiger partial charge in [-0.2, -0.15) is 4.98 Å². The van der Waals surface area contributed by atoms with Gasteiger partial charge in [-0.05, 0) is 32.3 Å². The van der Waals surface area contributed by atoms with Crippen molar-refractivity contribution in [3.05, 3.63) is 52.6 Å². The van der Waals surface area contributed by atoms with Crippen molar-refractivity contribution in [1.29, 1.82) is 0 Å². The molecule has 0 aliphatic heterocycles. The van der Waals surface area contributed by atoms with Crippen molar-refractivity contribution in [1.82, 2.24) is 19.5 Å². The van der Waals surface area contributed by atoms with Crippen LogP contribution in [0.4, 0.5) is 5.95 Å². The molecular formula is C22H30N5O6P. The number of hydrogen-bond donors (Lipinski definition) is 2. The summed E-state index contributed by atoms with van der Waals surface area (Å²) in [5, 5.41) is 0. The van der Waals surface area contributed by atoms with Crippen LogP contribution in [0.1, 0.15) is 38.3 Å². The third-order valence-electron chi connectivity index (χ3n) is 5.67. The monoisotopic (exact) mass is 491 g/mol. The summed E-state index contributed by atoms with van der Waals surface area (Å²) in [7, 11) is -3.38. The zero-order valence-electron chi connectivity index (χ0n) is 19.3. The Kier molecular flexibility index (Phi) is 7.80. The van der Waals surface area contributed by atoms with Crippen LogP contribution >= 0.6 is 7.60 Å². The molecule has 11 nitrogen and oxygen atoms in total. The van der Waals surface area contributed by atoms with Gasteiger partial charge in [-0.15, -0.1) is 0 Å². The SMILES string of the molecule is CCOP(=O)(CO[C@H]1C[C@@H](n2cnc3c(=O)[nH]c(N)nc32)C[C@@H]1OCc1ccccc1)OCC. The molecule has 184 valence electrons. The topological polar surface area (TPSA) is 144 Å². The van der Waals surface area contributed by atoms with E-state index in [1.807, 2.05) is 34.9 Å². The standard InChI is InChI=1S/C22H30N5O6P/c1-3-32-34(29,33-4-2)14-31-18-11-16(10-17(18)30-12-15-8-6-5-7-9-15)27-13-24-19-20(27)25-22(23)26-21(19)28/h5-9,13,16-18H,3-4,10-12,14H2,1-2H3,(H3,23,25,26,28)/t16-,17-,18-/m0/s1. The summed E-state index contributed by atoms with van der Waals surface area (Å²) >= 11 is 0. The second kappa shape index (κ2) is 10.8. The lowest BCUT2D eigenvalue weighted by molar-refractivity contribution is -0.0548. The molecule has 0 amide bonds. The maximum Gasteiger partial charge on any atom is 0.356 e. The van der Waals surface area contributed by atoms with E-state index in [2.05, 4.69) is 15.0 Å². The average Bonchev–Trinajstić information content (AvgIpc) is 3.41. The van der Waals surface area contributed by atoms with Crippen molar-refractivity contribution in [2.75, 3.05) is 25.3 Å². The number of nitrogens with two attached hydrogens (primary N) is 1. The van der Waals surface area contributed by atoms with Gasteiger partial charge in [0, 0.05) is 6.04 Å². The van der Waals surface area contributed by atoms with E-state index in [1.165, 1.54) is 0 Å². The Balaban J connectivity index is 1.55. The molecule has 0 spiro atoms. The van der Waals surface area contributed by atoms with E-state index in [0.29, 0.717) is 25.1 Å². The highest BCUT2D eigenvalue weighted by Crippen LogP contribution is 2.49. The molecule has 3 atom stereocenters. The fourth-order valence-electron chi connectivity index (χ4n) is 4.19. The van der Waals surface area contributed by atoms with Gasteiger partial charge in [0.25, 0.3) is 5.56 Å². The summed E-state index contributed by atoms with van der Waals surface area (Å²) in [5.74, 6) is 0.0243. The van der Waals surface area contributed by atoms with Gasteiger partial charge in [0.15, 0.2) is 11.2 Å². The zero-order valence-corrected chi connectivity index (χ0v) is 20.1. The molecular weight excluding hydrogens is 461 g/mol. The van der Waals surface area contributed by atoms with E-state index in [0.717, 1.165) is 5.56 Å². The van der Waals surface area contributed by atoms with Crippen LogP contribution in [0, 0.1) is 0 Å². The quantitative estimate of drug-likeness (QED) is 0.386. The van der Waals surface area contributed by atoms with Crippen LogP contribution in [0.15, 0.2) is 41.5 Å². The van der Waals surface area contributed by atoms with Gasteiger partial charge < -0.3 is 28.8 Å². The summed E-state index contributed by atoms with van der Waals surface area (Å²) in [6.07, 6.45) is 1.87. The highest BCUT2D eigenvalue weighted by atomic mass is 31.2. The third kappa shape index (κ3) is 5.56. The van der Waals surface area contributed by atoms with Gasteiger partial charge in [-0.1, -0.05) is 30.3 Å². The van der Waals surface area contributed by atoms with Crippen LogP contribution in [-0.2, 0) is 29.7 Å². The second-order valence-electron chi connectivity index (χ2n) is 8.02. The fraction of sp³-hybridized carbons (Fsp3) is 0.500. The van der Waals surface area contributed by atoms with Crippen LogP contribution in [0.25, 0.3) is 11.2 Å². The Morgan fingerprint density at radius 2 is 1.79 bits per heavy atom. The number of rotatable bonds is 11. The minimum absolute atomic E-state index is 0.0243. The normalized spacial score (nSPS) is 20.8. The first kappa shape index (κ1) is 24.6. The number of H-pyrrole nitrogens is 1. The summed E-state index contributed by atoms with van der Waals surface area (Å²) < 4.78 is 37.8. The lowest BCUT2D eigenvalue weighted by atomic mass is 10.2. The molecule has 2 heterocycles. The van der Waals surface area contributed by atoms with Crippen molar-refractivity contribution >= 4 is 24.7 Å². The predicted molar refractivity (Wildman–Crippen MR) is 126 cm³/mol. The van der Waals surface area contributed by atoms with E-state index >= 15 is 0 Å². The Morgan fingerprint density at radius 1 is 1.12 bits per heavy atom. The molecule has 0 saturated heterocycles. The highest BCUT2D eigenvalue weighted by molar-refractivity contribution is 7.53. The van der Waals surface area contributed by atoms with Gasteiger partial charge in [0.1, 0.15) is 6.35 Å². The summed E-state index contributed by atoms with van der Waals surface area (Å²) in [4.78, 5) is 23.1. The van der Waals surface area contributed by atoms with Gasteiger partial charge in [-0.3, -0.25) is 14.3 Å². The van der Waals surface area contributed by atoms with Crippen molar-refractivity contribution in [2.24, 2.45) is 0 Å². The van der Waals surface area contributed by atoms with Crippen LogP contribution < -0.4 is 11.3 Å². The fourth-order valence-corrected chi connectivity index (χ4v) is 5.58. The second-order valence-corrected chi connectivity index (χ2v) is 10.0. The highest BCUT2D eigenvalue weighted by Gasteiger charge is 2.39. The number of benzene rings is 1. The number of nitrogens with zero attached hydrogens (tertiary/aromatic N) is 3. The van der Waals surface area contributed by atoms with Gasteiger partial charge in [0.2, 0.25) is 5.95 Å². The van der Waals surface area contributed by atoms with E-state index in [1.54, 1.807) is 20.2 Å². The first-order chi connectivity index (χ1) is 16.4. The van der Waals surface area contributed by atoms with E-state index in [9.17, 15) is 9.36 Å². The molecule has 12 heteroatoms. The van der Waals surface area contributed by atoms with E-state index < -0.39 is 13.2 Å². The molecule has 1 aliphatic carbocycles. The van der Waals surface area contributed by atoms with E-state index in [4.69, 9.17) is 24.3 Å². The minimum Gasteiger partial charge on any atom is -0.371 e. The lowest BCUT2D eigenvalue weighted by Gasteiger charge is -2.23. The third-order valence-corrected chi connectivity index (χ3v) is 7.44. The van der Waals surface area contributed by atoms with Gasteiger partial charge in [-0.25, -0.2) is 4.98 Å². The Hall–Kier alpha value is -2.56. The summed E-state index contributed by atoms with van der Waals surface area (Å²) in [5.41, 5.74) is 7.02. The minimum atomic E-state index is -3.38. The van der Waals surface area contributed by atoms with Gasteiger partial charge >= 0.3 is 7.60 Å². The van der Waals surface area contributed by atoms with Crippen LogP contribution in [-0.4, -0.2) is 51.3 Å². The molecule has 2 aromatic heterocycles. The number of hydrogen-bond acceptors (Lipinski definition) is 9. The smallest absolute Gasteiger partial charge is 0.356 e. The van der Waals surface area contributed by atoms with E-state index in [-0.39, 0.29) is 49.3 Å². The molecule has 4 rings (SSSR count). The number of fused-ring (bicyclic) bond motifs is 1. The molecule has 1 aliphatic rings. The Morgan fingerprint density at radius 3 is 2.47 bits per heavy atom. The molecule has 1 fully saturated rings. The number of nitrogen functional groups attached to an aromatic ring is 1. The van der Waals surface area contributed by atoms with Crippen molar-refractivity contribution in [3.8, 4) is 0 Å². The number of imidazole rings is 1. The maximum atomic E-state index is 12.9. The Labute approximate surface area is 197 Å². The molecule has 3 N–H and O–H groups in total. The first-order valence-corrected chi connectivity index (χ1v) is 13.0. The molecule has 1 aromatic carbocycles. The molecule has 0 unspecified atom stereocenters. The first-order valence-electron chi connectivity index (χ1n) is 11.3.